The first-order valence-corrected chi connectivity index (χ1v) is 12.3. The number of nitrogens with one attached hydrogen (secondary N) is 2. The topological polar surface area (TPSA) is 117 Å². The summed E-state index contributed by atoms with van der Waals surface area (Å²) in [7, 11) is 1.72. The van der Waals surface area contributed by atoms with Crippen LogP contribution in [0.5, 0.6) is 0 Å². The average molecular weight is 514 g/mol. The minimum atomic E-state index is -1.09. The number of anilines is 2. The molecule has 2 amide bonds. The molecule has 0 aliphatic rings. The predicted octanol–water partition coefficient (Wildman–Crippen LogP) is 4.34. The minimum absolute atomic E-state index is 0.0603. The Morgan fingerprint density at radius 3 is 2.55 bits per heavy atom. The van der Waals surface area contributed by atoms with E-state index in [0.717, 1.165) is 11.3 Å². The number of hydrogen-bond donors (Lipinski definition) is 2. The highest BCUT2D eigenvalue weighted by molar-refractivity contribution is 6.06. The Morgan fingerprint density at radius 2 is 1.84 bits per heavy atom. The molecule has 38 heavy (non-hydrogen) atoms. The first-order chi connectivity index (χ1) is 18.0. The summed E-state index contributed by atoms with van der Waals surface area (Å²) in [4.78, 5) is 49.1. The summed E-state index contributed by atoms with van der Waals surface area (Å²) in [5.74, 6) is -0.470. The lowest BCUT2D eigenvalue weighted by atomic mass is 10.0. The highest BCUT2D eigenvalue weighted by atomic mass is 16.4. The molecule has 0 fully saturated rings. The Kier molecular flexibility index (Phi) is 7.57. The van der Waals surface area contributed by atoms with E-state index in [1.165, 1.54) is 0 Å². The molecule has 196 valence electrons. The van der Waals surface area contributed by atoms with Crippen LogP contribution in [-0.2, 0) is 11.2 Å². The number of nitrogens with zero attached hydrogens (tertiary/aromatic N) is 3. The van der Waals surface area contributed by atoms with Crippen LogP contribution in [0.25, 0.3) is 10.9 Å². The van der Waals surface area contributed by atoms with Crippen LogP contribution in [0.2, 0.25) is 0 Å². The number of rotatable bonds is 8. The van der Waals surface area contributed by atoms with Crippen molar-refractivity contribution in [3.05, 3.63) is 93.6 Å². The SMILES string of the molecule is Cc1cccc(C(=O)Nc2ccc3nc(NC(C)(C)C(=O)N(C)CCc4ccccn4)oc(=O)c3c2C)c1. The number of pyridine rings is 1. The monoisotopic (exact) mass is 513 g/mol. The molecule has 0 aliphatic carbocycles. The number of aromatic nitrogens is 2. The fraction of sp³-hybridized carbons (Fsp3) is 0.276. The van der Waals surface area contributed by atoms with Crippen molar-refractivity contribution in [2.75, 3.05) is 24.2 Å². The molecule has 2 heterocycles. The first kappa shape index (κ1) is 26.5. The lowest BCUT2D eigenvalue weighted by Gasteiger charge is -2.30. The number of amides is 2. The van der Waals surface area contributed by atoms with E-state index in [-0.39, 0.29) is 23.2 Å². The second-order valence-corrected chi connectivity index (χ2v) is 9.81. The zero-order valence-corrected chi connectivity index (χ0v) is 22.2. The smallest absolute Gasteiger partial charge is 0.348 e. The zero-order chi connectivity index (χ0) is 27.4. The Bertz CT molecular complexity index is 1550. The fourth-order valence-corrected chi connectivity index (χ4v) is 4.22. The van der Waals surface area contributed by atoms with Gasteiger partial charge in [-0.1, -0.05) is 23.8 Å². The Morgan fingerprint density at radius 1 is 1.05 bits per heavy atom. The maximum absolute atomic E-state index is 13.1. The van der Waals surface area contributed by atoms with Gasteiger partial charge in [-0.05, 0) is 69.7 Å². The molecular formula is C29H31N5O4. The van der Waals surface area contributed by atoms with Gasteiger partial charge in [-0.2, -0.15) is 4.98 Å². The molecule has 0 radical (unpaired) electrons. The number of hydrogen-bond acceptors (Lipinski definition) is 7. The zero-order valence-electron chi connectivity index (χ0n) is 22.2. The Hall–Kier alpha value is -4.53. The van der Waals surface area contributed by atoms with E-state index in [4.69, 9.17) is 4.42 Å². The van der Waals surface area contributed by atoms with Gasteiger partial charge in [0.15, 0.2) is 0 Å². The van der Waals surface area contributed by atoms with Crippen molar-refractivity contribution in [1.82, 2.24) is 14.9 Å². The van der Waals surface area contributed by atoms with Crippen LogP contribution in [0.3, 0.4) is 0 Å². The lowest BCUT2D eigenvalue weighted by Crippen LogP contribution is -2.49. The van der Waals surface area contributed by atoms with Crippen molar-refractivity contribution in [3.63, 3.8) is 0 Å². The van der Waals surface area contributed by atoms with Gasteiger partial charge in [-0.15, -0.1) is 0 Å². The van der Waals surface area contributed by atoms with E-state index in [1.54, 1.807) is 63.2 Å². The molecule has 0 unspecified atom stereocenters. The van der Waals surface area contributed by atoms with Crippen molar-refractivity contribution in [1.29, 1.82) is 0 Å². The first-order valence-electron chi connectivity index (χ1n) is 12.3. The number of carbonyl (C=O) groups is 2. The molecule has 0 bridgehead atoms. The third-order valence-electron chi connectivity index (χ3n) is 6.32. The molecule has 2 aromatic carbocycles. The van der Waals surface area contributed by atoms with Gasteiger partial charge < -0.3 is 20.0 Å². The second kappa shape index (κ2) is 10.8. The molecule has 0 spiro atoms. The van der Waals surface area contributed by atoms with Crippen molar-refractivity contribution in [2.45, 2.75) is 39.7 Å². The summed E-state index contributed by atoms with van der Waals surface area (Å²) in [6.07, 6.45) is 2.34. The van der Waals surface area contributed by atoms with E-state index in [0.29, 0.717) is 35.3 Å². The van der Waals surface area contributed by atoms with Crippen LogP contribution in [0.4, 0.5) is 11.7 Å². The molecule has 4 rings (SSSR count). The van der Waals surface area contributed by atoms with Gasteiger partial charge in [0.2, 0.25) is 5.91 Å². The lowest BCUT2D eigenvalue weighted by molar-refractivity contribution is -0.133. The van der Waals surface area contributed by atoms with Crippen molar-refractivity contribution in [3.8, 4) is 0 Å². The molecule has 2 aromatic heterocycles. The van der Waals surface area contributed by atoms with Gasteiger partial charge in [-0.25, -0.2) is 4.79 Å². The minimum Gasteiger partial charge on any atom is -0.389 e. The number of carbonyl (C=O) groups excluding carboxylic acids is 2. The van der Waals surface area contributed by atoms with Gasteiger partial charge in [-0.3, -0.25) is 14.6 Å². The average Bonchev–Trinajstić information content (AvgIpc) is 2.88. The molecule has 2 N–H and O–H groups in total. The van der Waals surface area contributed by atoms with Crippen LogP contribution in [-0.4, -0.2) is 45.8 Å². The second-order valence-electron chi connectivity index (χ2n) is 9.81. The molecule has 0 aliphatic heterocycles. The summed E-state index contributed by atoms with van der Waals surface area (Å²) < 4.78 is 5.46. The normalized spacial score (nSPS) is 11.3. The van der Waals surface area contributed by atoms with E-state index in [2.05, 4.69) is 20.6 Å². The van der Waals surface area contributed by atoms with Gasteiger partial charge in [0.05, 0.1) is 10.9 Å². The van der Waals surface area contributed by atoms with Gasteiger partial charge in [0.25, 0.3) is 11.9 Å². The summed E-state index contributed by atoms with van der Waals surface area (Å²) in [6.45, 7) is 7.52. The van der Waals surface area contributed by atoms with Gasteiger partial charge in [0.1, 0.15) is 5.54 Å². The fourth-order valence-electron chi connectivity index (χ4n) is 4.22. The van der Waals surface area contributed by atoms with Crippen LogP contribution in [0, 0.1) is 13.8 Å². The molecule has 0 saturated heterocycles. The van der Waals surface area contributed by atoms with Crippen LogP contribution < -0.4 is 16.3 Å². The number of aryl methyl sites for hydroxylation is 2. The maximum atomic E-state index is 13.1. The van der Waals surface area contributed by atoms with Crippen molar-refractivity contribution in [2.24, 2.45) is 0 Å². The number of fused-ring (bicyclic) bond motifs is 1. The largest absolute Gasteiger partial charge is 0.389 e. The Balaban J connectivity index is 1.51. The van der Waals surface area contributed by atoms with E-state index in [1.807, 2.05) is 37.3 Å². The summed E-state index contributed by atoms with van der Waals surface area (Å²) in [5, 5.41) is 6.09. The van der Waals surface area contributed by atoms with E-state index >= 15 is 0 Å². The van der Waals surface area contributed by atoms with E-state index < -0.39 is 11.2 Å². The molecule has 0 atom stereocenters. The number of benzene rings is 2. The van der Waals surface area contributed by atoms with Gasteiger partial charge in [0, 0.05) is 43.2 Å². The molecule has 9 heteroatoms. The summed E-state index contributed by atoms with van der Waals surface area (Å²) >= 11 is 0. The third kappa shape index (κ3) is 5.88. The standard InChI is InChI=1S/C29H31N5O4/c1-18-9-8-10-20(17-18)25(35)31-22-12-13-23-24(19(22)2)26(36)38-28(32-23)33-29(3,4)27(37)34(5)16-14-21-11-6-7-15-30-21/h6-13,15,17H,14,16H2,1-5H3,(H,31,35)(H,32,33). The molecule has 9 nitrogen and oxygen atoms in total. The van der Waals surface area contributed by atoms with Crippen molar-refractivity contribution < 1.29 is 14.0 Å². The Labute approximate surface area is 220 Å². The third-order valence-corrected chi connectivity index (χ3v) is 6.32. The maximum Gasteiger partial charge on any atom is 0.348 e. The highest BCUT2D eigenvalue weighted by Crippen LogP contribution is 2.25. The van der Waals surface area contributed by atoms with Crippen LogP contribution in [0.15, 0.2) is 70.0 Å². The molecular weight excluding hydrogens is 482 g/mol. The molecule has 0 saturated carbocycles. The van der Waals surface area contributed by atoms with Gasteiger partial charge >= 0.3 is 5.63 Å². The highest BCUT2D eigenvalue weighted by Gasteiger charge is 2.32. The van der Waals surface area contributed by atoms with Crippen molar-refractivity contribution >= 4 is 34.4 Å². The van der Waals surface area contributed by atoms with E-state index in [9.17, 15) is 14.4 Å². The quantitative estimate of drug-likeness (QED) is 0.360. The summed E-state index contributed by atoms with van der Waals surface area (Å²) in [6, 6.07) is 16.2. The molecule has 4 aromatic rings. The number of likely N-dealkylation sites (N-methyl/N-ethyl adjacent to an activating group) is 1. The van der Waals surface area contributed by atoms with Crippen LogP contribution >= 0.6 is 0 Å². The predicted molar refractivity (Wildman–Crippen MR) is 147 cm³/mol. The van der Waals surface area contributed by atoms with Crippen LogP contribution in [0.1, 0.15) is 41.0 Å². The summed E-state index contributed by atoms with van der Waals surface area (Å²) in [5.41, 5.74) is 2.10.